The van der Waals surface area contributed by atoms with Crippen LogP contribution in [0.15, 0.2) is 24.5 Å². The molecular formula is C17H22IN3O. The first kappa shape index (κ1) is 17.0. The molecule has 5 heteroatoms. The number of hydrogen-bond donors (Lipinski definition) is 1. The Balaban J connectivity index is 2.71. The molecule has 22 heavy (non-hydrogen) atoms. The topological polar surface area (TPSA) is 60.9 Å². The molecule has 118 valence electrons. The molecule has 0 bridgehead atoms. The Morgan fingerprint density at radius 2 is 1.95 bits per heavy atom. The molecule has 0 spiro atoms. The summed E-state index contributed by atoms with van der Waals surface area (Å²) in [5.74, 6) is 0.873. The molecule has 0 aliphatic carbocycles. The summed E-state index contributed by atoms with van der Waals surface area (Å²) in [7, 11) is 0. The minimum atomic E-state index is -0.393. The number of carbonyl (C=O) groups excluding carboxylic acids is 1. The molecule has 0 fully saturated rings. The van der Waals surface area contributed by atoms with Crippen molar-refractivity contribution in [2.24, 2.45) is 5.73 Å². The summed E-state index contributed by atoms with van der Waals surface area (Å²) in [5.41, 5.74) is 7.99. The quantitative estimate of drug-likeness (QED) is 0.777. The fraction of sp³-hybridized carbons (Fsp3) is 0.412. The zero-order valence-corrected chi connectivity index (χ0v) is 15.8. The summed E-state index contributed by atoms with van der Waals surface area (Å²) in [6.07, 6.45) is 3.70. The van der Waals surface area contributed by atoms with Crippen LogP contribution in [0, 0.1) is 3.57 Å². The van der Waals surface area contributed by atoms with Gasteiger partial charge in [-0.3, -0.25) is 4.79 Å². The fourth-order valence-electron chi connectivity index (χ4n) is 2.65. The van der Waals surface area contributed by atoms with Gasteiger partial charge in [0.05, 0.1) is 0 Å². The lowest BCUT2D eigenvalue weighted by Crippen LogP contribution is -2.23. The number of nitrogens with zero attached hydrogens (tertiary/aromatic N) is 2. The van der Waals surface area contributed by atoms with E-state index in [4.69, 9.17) is 5.73 Å². The average molecular weight is 411 g/mol. The van der Waals surface area contributed by atoms with Gasteiger partial charge in [-0.2, -0.15) is 0 Å². The highest BCUT2D eigenvalue weighted by molar-refractivity contribution is 14.1. The fourth-order valence-corrected chi connectivity index (χ4v) is 4.07. The van der Waals surface area contributed by atoms with Crippen LogP contribution in [0.3, 0.4) is 0 Å². The van der Waals surface area contributed by atoms with E-state index >= 15 is 0 Å². The lowest BCUT2D eigenvalue weighted by molar-refractivity contribution is 0.0998. The van der Waals surface area contributed by atoms with E-state index in [-0.39, 0.29) is 5.41 Å². The maximum atomic E-state index is 12.0. The molecule has 0 atom stereocenters. The first-order valence-corrected chi connectivity index (χ1v) is 8.38. The van der Waals surface area contributed by atoms with Gasteiger partial charge in [-0.15, -0.1) is 0 Å². The summed E-state index contributed by atoms with van der Waals surface area (Å²) in [6, 6.07) is 3.96. The normalized spacial score (nSPS) is 12.0. The summed E-state index contributed by atoms with van der Waals surface area (Å²) >= 11 is 2.28. The molecule has 2 aromatic rings. The van der Waals surface area contributed by atoms with Gasteiger partial charge < -0.3 is 10.3 Å². The predicted molar refractivity (Wildman–Crippen MR) is 97.6 cm³/mol. The van der Waals surface area contributed by atoms with Gasteiger partial charge in [0.15, 0.2) is 0 Å². The highest BCUT2D eigenvalue weighted by Gasteiger charge is 2.25. The zero-order chi connectivity index (χ0) is 16.7. The Morgan fingerprint density at radius 1 is 1.32 bits per heavy atom. The standard InChI is InChI=1S/C17H22IN3O/c1-10(2)16-20-6-7-21(16)11-8-12(15(19)22)14(13(18)9-11)17(3,4)5/h6-10H,1-5H3,(H2,19,22). The minimum absolute atomic E-state index is 0.144. The third-order valence-electron chi connectivity index (χ3n) is 3.55. The summed E-state index contributed by atoms with van der Waals surface area (Å²) in [5, 5.41) is 0. The molecule has 0 unspecified atom stereocenters. The number of nitrogens with two attached hydrogens (primary N) is 1. The van der Waals surface area contributed by atoms with Gasteiger partial charge in [-0.05, 0) is 45.7 Å². The van der Waals surface area contributed by atoms with Crippen LogP contribution < -0.4 is 5.73 Å². The maximum absolute atomic E-state index is 12.0. The minimum Gasteiger partial charge on any atom is -0.366 e. The molecular weight excluding hydrogens is 389 g/mol. The van der Waals surface area contributed by atoms with Crippen LogP contribution in [0.25, 0.3) is 5.69 Å². The van der Waals surface area contributed by atoms with Crippen LogP contribution in [-0.2, 0) is 5.41 Å². The van der Waals surface area contributed by atoms with Gasteiger partial charge >= 0.3 is 0 Å². The molecule has 0 aliphatic heterocycles. The summed E-state index contributed by atoms with van der Waals surface area (Å²) in [4.78, 5) is 16.4. The molecule has 1 amide bonds. The van der Waals surface area contributed by atoms with Crippen LogP contribution in [0.2, 0.25) is 0 Å². The van der Waals surface area contributed by atoms with Crippen molar-refractivity contribution < 1.29 is 4.79 Å². The predicted octanol–water partition coefficient (Wildman–Crippen LogP) is 4.00. The van der Waals surface area contributed by atoms with Crippen molar-refractivity contribution in [2.45, 2.75) is 46.0 Å². The van der Waals surface area contributed by atoms with E-state index in [2.05, 4.69) is 68.3 Å². The van der Waals surface area contributed by atoms with Crippen LogP contribution in [0.1, 0.15) is 62.3 Å². The smallest absolute Gasteiger partial charge is 0.249 e. The molecule has 1 aromatic carbocycles. The number of imidazole rings is 1. The Hall–Kier alpha value is -1.37. The molecule has 1 heterocycles. The molecule has 0 saturated carbocycles. The summed E-state index contributed by atoms with van der Waals surface area (Å²) in [6.45, 7) is 10.5. The molecule has 2 N–H and O–H groups in total. The van der Waals surface area contributed by atoms with E-state index in [1.165, 1.54) is 0 Å². The van der Waals surface area contributed by atoms with Crippen molar-refractivity contribution in [1.29, 1.82) is 0 Å². The Kier molecular flexibility index (Phi) is 4.65. The zero-order valence-electron chi connectivity index (χ0n) is 13.6. The lowest BCUT2D eigenvalue weighted by Gasteiger charge is -2.25. The highest BCUT2D eigenvalue weighted by Crippen LogP contribution is 2.33. The number of aromatic nitrogens is 2. The van der Waals surface area contributed by atoms with Crippen molar-refractivity contribution in [1.82, 2.24) is 9.55 Å². The first-order chi connectivity index (χ1) is 10.1. The number of carbonyl (C=O) groups is 1. The number of primary amides is 1. The molecule has 0 saturated heterocycles. The van der Waals surface area contributed by atoms with Crippen LogP contribution in [-0.4, -0.2) is 15.5 Å². The van der Waals surface area contributed by atoms with Crippen LogP contribution >= 0.6 is 22.6 Å². The van der Waals surface area contributed by atoms with Crippen LogP contribution in [0.5, 0.6) is 0 Å². The number of amides is 1. The molecule has 0 aliphatic rings. The second-order valence-electron chi connectivity index (χ2n) is 6.77. The van der Waals surface area contributed by atoms with Gasteiger partial charge in [0.25, 0.3) is 0 Å². The van der Waals surface area contributed by atoms with Crippen molar-refractivity contribution in [3.05, 3.63) is 45.0 Å². The Morgan fingerprint density at radius 3 is 2.45 bits per heavy atom. The second kappa shape index (κ2) is 6.02. The number of rotatable bonds is 3. The van der Waals surface area contributed by atoms with Crippen molar-refractivity contribution in [3.8, 4) is 5.69 Å². The molecule has 4 nitrogen and oxygen atoms in total. The average Bonchev–Trinajstić information content (AvgIpc) is 2.85. The van der Waals surface area contributed by atoms with Crippen LogP contribution in [0.4, 0.5) is 0 Å². The SMILES string of the molecule is CC(C)c1nccn1-c1cc(I)c(C(C)(C)C)c(C(N)=O)c1. The second-order valence-corrected chi connectivity index (χ2v) is 7.94. The lowest BCUT2D eigenvalue weighted by atomic mass is 9.83. The van der Waals surface area contributed by atoms with Crippen molar-refractivity contribution >= 4 is 28.5 Å². The van der Waals surface area contributed by atoms with Gasteiger partial charge in [-0.25, -0.2) is 4.98 Å². The number of halogens is 1. The van der Waals surface area contributed by atoms with Gasteiger partial charge in [0.1, 0.15) is 5.82 Å². The van der Waals surface area contributed by atoms with E-state index in [1.54, 1.807) is 6.20 Å². The van der Waals surface area contributed by atoms with Gasteiger partial charge in [0.2, 0.25) is 5.91 Å². The van der Waals surface area contributed by atoms with Crippen molar-refractivity contribution in [3.63, 3.8) is 0 Å². The number of hydrogen-bond acceptors (Lipinski definition) is 2. The largest absolute Gasteiger partial charge is 0.366 e. The maximum Gasteiger partial charge on any atom is 0.249 e. The van der Waals surface area contributed by atoms with E-state index in [9.17, 15) is 4.79 Å². The molecule has 1 aromatic heterocycles. The monoisotopic (exact) mass is 411 g/mol. The first-order valence-electron chi connectivity index (χ1n) is 7.30. The third-order valence-corrected chi connectivity index (χ3v) is 4.41. The van der Waals surface area contributed by atoms with E-state index < -0.39 is 5.91 Å². The Labute approximate surface area is 145 Å². The third kappa shape index (κ3) is 3.19. The molecule has 2 rings (SSSR count). The number of benzene rings is 1. The van der Waals surface area contributed by atoms with Crippen molar-refractivity contribution in [2.75, 3.05) is 0 Å². The van der Waals surface area contributed by atoms with Gasteiger partial charge in [0, 0.05) is 33.1 Å². The van der Waals surface area contributed by atoms with E-state index in [0.717, 1.165) is 20.6 Å². The molecule has 0 radical (unpaired) electrons. The Bertz CT molecular complexity index is 711. The van der Waals surface area contributed by atoms with Gasteiger partial charge in [-0.1, -0.05) is 34.6 Å². The van der Waals surface area contributed by atoms with E-state index in [1.807, 2.05) is 16.8 Å². The highest BCUT2D eigenvalue weighted by atomic mass is 127. The summed E-state index contributed by atoms with van der Waals surface area (Å²) < 4.78 is 3.06. The van der Waals surface area contributed by atoms with E-state index in [0.29, 0.717) is 11.5 Å².